The molecule has 0 saturated heterocycles. The smallest absolute Gasteiger partial charge is 0.232 e. The van der Waals surface area contributed by atoms with E-state index in [1.54, 1.807) is 31.0 Å². The van der Waals surface area contributed by atoms with Gasteiger partial charge in [-0.05, 0) is 37.3 Å². The summed E-state index contributed by atoms with van der Waals surface area (Å²) in [7, 11) is 0. The summed E-state index contributed by atoms with van der Waals surface area (Å²) in [5.41, 5.74) is 0.935. The van der Waals surface area contributed by atoms with E-state index in [9.17, 15) is 4.79 Å². The molecule has 120 valence electrons. The molecule has 0 spiro atoms. The van der Waals surface area contributed by atoms with Crippen LogP contribution in [0.15, 0.2) is 43.1 Å². The van der Waals surface area contributed by atoms with E-state index in [1.807, 2.05) is 12.1 Å². The van der Waals surface area contributed by atoms with Gasteiger partial charge in [-0.25, -0.2) is 4.98 Å². The highest BCUT2D eigenvalue weighted by Crippen LogP contribution is 2.22. The number of amides is 1. The molecule has 6 nitrogen and oxygen atoms in total. The Morgan fingerprint density at radius 2 is 1.96 bits per heavy atom. The first-order chi connectivity index (χ1) is 11.3. The zero-order valence-electron chi connectivity index (χ0n) is 12.9. The lowest BCUT2D eigenvalue weighted by atomic mass is 9.93. The summed E-state index contributed by atoms with van der Waals surface area (Å²) < 4.78 is 5.81. The predicted octanol–water partition coefficient (Wildman–Crippen LogP) is 1.92. The Bertz CT molecular complexity index is 613. The molecule has 1 saturated carbocycles. The van der Waals surface area contributed by atoms with Gasteiger partial charge >= 0.3 is 0 Å². The van der Waals surface area contributed by atoms with Crippen molar-refractivity contribution in [3.05, 3.63) is 48.7 Å². The van der Waals surface area contributed by atoms with E-state index in [2.05, 4.69) is 20.3 Å². The van der Waals surface area contributed by atoms with Crippen molar-refractivity contribution in [3.63, 3.8) is 0 Å². The Hall–Kier alpha value is -2.50. The minimum Gasteiger partial charge on any atom is -0.473 e. The molecule has 1 aliphatic rings. The van der Waals surface area contributed by atoms with E-state index in [0.717, 1.165) is 31.2 Å². The van der Waals surface area contributed by atoms with Gasteiger partial charge in [0.1, 0.15) is 6.10 Å². The molecular formula is C17H20N4O2. The van der Waals surface area contributed by atoms with Gasteiger partial charge in [0.15, 0.2) is 0 Å². The molecule has 23 heavy (non-hydrogen) atoms. The molecule has 6 heteroatoms. The second kappa shape index (κ2) is 7.67. The van der Waals surface area contributed by atoms with Gasteiger partial charge < -0.3 is 10.1 Å². The lowest BCUT2D eigenvalue weighted by Gasteiger charge is -2.29. The van der Waals surface area contributed by atoms with E-state index < -0.39 is 0 Å². The molecule has 1 fully saturated rings. The van der Waals surface area contributed by atoms with E-state index in [4.69, 9.17) is 4.74 Å². The highest BCUT2D eigenvalue weighted by Gasteiger charge is 2.23. The molecule has 0 aromatic carbocycles. The molecule has 0 aliphatic heterocycles. The molecule has 1 amide bonds. The Balaban J connectivity index is 1.41. The second-order valence-corrected chi connectivity index (χ2v) is 5.74. The summed E-state index contributed by atoms with van der Waals surface area (Å²) in [4.78, 5) is 24.2. The summed E-state index contributed by atoms with van der Waals surface area (Å²) in [6.45, 7) is 0. The van der Waals surface area contributed by atoms with E-state index >= 15 is 0 Å². The maximum atomic E-state index is 12.1. The topological polar surface area (TPSA) is 77.0 Å². The molecule has 2 aromatic rings. The molecule has 1 aliphatic carbocycles. The largest absolute Gasteiger partial charge is 0.473 e. The quantitative estimate of drug-likeness (QED) is 0.912. The number of nitrogens with one attached hydrogen (secondary N) is 1. The van der Waals surface area contributed by atoms with Gasteiger partial charge in [0, 0.05) is 30.8 Å². The molecule has 0 atom stereocenters. The molecule has 2 aromatic heterocycles. The third-order valence-electron chi connectivity index (χ3n) is 3.95. The van der Waals surface area contributed by atoms with Crippen LogP contribution < -0.4 is 10.1 Å². The van der Waals surface area contributed by atoms with Crippen molar-refractivity contribution >= 4 is 5.91 Å². The second-order valence-electron chi connectivity index (χ2n) is 5.74. The van der Waals surface area contributed by atoms with Crippen LogP contribution in [-0.2, 0) is 11.2 Å². The van der Waals surface area contributed by atoms with Crippen molar-refractivity contribution in [2.24, 2.45) is 0 Å². The monoisotopic (exact) mass is 312 g/mol. The Morgan fingerprint density at radius 3 is 2.65 bits per heavy atom. The first kappa shape index (κ1) is 15.4. The predicted molar refractivity (Wildman–Crippen MR) is 84.8 cm³/mol. The van der Waals surface area contributed by atoms with Gasteiger partial charge in [0.05, 0.1) is 12.6 Å². The number of aromatic nitrogens is 3. The average molecular weight is 312 g/mol. The maximum absolute atomic E-state index is 12.1. The van der Waals surface area contributed by atoms with Crippen LogP contribution in [0.1, 0.15) is 31.2 Å². The highest BCUT2D eigenvalue weighted by molar-refractivity contribution is 5.78. The third kappa shape index (κ3) is 4.74. The van der Waals surface area contributed by atoms with Crippen LogP contribution in [0, 0.1) is 0 Å². The Kier molecular flexibility index (Phi) is 5.13. The zero-order valence-corrected chi connectivity index (χ0v) is 12.9. The molecule has 2 heterocycles. The average Bonchev–Trinajstić information content (AvgIpc) is 2.58. The summed E-state index contributed by atoms with van der Waals surface area (Å²) in [6.07, 6.45) is 12.5. The maximum Gasteiger partial charge on any atom is 0.232 e. The van der Waals surface area contributed by atoms with Crippen molar-refractivity contribution in [3.8, 4) is 5.88 Å². The SMILES string of the molecule is O=C(Cc1cccnc1)NC1CCC(Oc2cnccn2)CC1. The van der Waals surface area contributed by atoms with Crippen LogP contribution >= 0.6 is 0 Å². The summed E-state index contributed by atoms with van der Waals surface area (Å²) >= 11 is 0. The fourth-order valence-corrected chi connectivity index (χ4v) is 2.81. The molecule has 0 bridgehead atoms. The lowest BCUT2D eigenvalue weighted by molar-refractivity contribution is -0.121. The summed E-state index contributed by atoms with van der Waals surface area (Å²) in [6, 6.07) is 3.98. The van der Waals surface area contributed by atoms with E-state index in [0.29, 0.717) is 12.3 Å². The van der Waals surface area contributed by atoms with Crippen LogP contribution in [0.2, 0.25) is 0 Å². The minimum absolute atomic E-state index is 0.0521. The molecular weight excluding hydrogens is 292 g/mol. The van der Waals surface area contributed by atoms with Crippen LogP contribution in [0.25, 0.3) is 0 Å². The van der Waals surface area contributed by atoms with Crippen molar-refractivity contribution in [1.29, 1.82) is 0 Å². The standard InChI is InChI=1S/C17H20N4O2/c22-16(10-13-2-1-7-18-11-13)21-14-3-5-15(6-4-14)23-17-12-19-8-9-20-17/h1-2,7-9,11-12,14-15H,3-6,10H2,(H,21,22). The number of carbonyl (C=O) groups excluding carboxylic acids is 1. The minimum atomic E-state index is 0.0521. The Labute approximate surface area is 135 Å². The number of nitrogens with zero attached hydrogens (tertiary/aromatic N) is 3. The van der Waals surface area contributed by atoms with Crippen molar-refractivity contribution in [1.82, 2.24) is 20.3 Å². The van der Waals surface area contributed by atoms with Crippen molar-refractivity contribution < 1.29 is 9.53 Å². The summed E-state index contributed by atoms with van der Waals surface area (Å²) in [5, 5.41) is 3.10. The Morgan fingerprint density at radius 1 is 1.13 bits per heavy atom. The van der Waals surface area contributed by atoms with Gasteiger partial charge in [-0.1, -0.05) is 6.07 Å². The molecule has 0 radical (unpaired) electrons. The van der Waals surface area contributed by atoms with E-state index in [-0.39, 0.29) is 18.1 Å². The third-order valence-corrected chi connectivity index (χ3v) is 3.95. The van der Waals surface area contributed by atoms with Gasteiger partial charge in [-0.15, -0.1) is 0 Å². The van der Waals surface area contributed by atoms with Gasteiger partial charge in [0.25, 0.3) is 0 Å². The van der Waals surface area contributed by atoms with Crippen LogP contribution in [0.4, 0.5) is 0 Å². The van der Waals surface area contributed by atoms with Crippen molar-refractivity contribution in [2.45, 2.75) is 44.2 Å². The fraction of sp³-hybridized carbons (Fsp3) is 0.412. The lowest BCUT2D eigenvalue weighted by Crippen LogP contribution is -2.40. The first-order valence-corrected chi connectivity index (χ1v) is 7.90. The highest BCUT2D eigenvalue weighted by atomic mass is 16.5. The molecule has 0 unspecified atom stereocenters. The number of pyridine rings is 1. The number of hydrogen-bond acceptors (Lipinski definition) is 5. The van der Waals surface area contributed by atoms with Gasteiger partial charge in [-0.2, -0.15) is 0 Å². The van der Waals surface area contributed by atoms with Crippen LogP contribution in [0.3, 0.4) is 0 Å². The number of rotatable bonds is 5. The molecule has 3 rings (SSSR count). The van der Waals surface area contributed by atoms with Crippen molar-refractivity contribution in [2.75, 3.05) is 0 Å². The number of carbonyl (C=O) groups is 1. The normalized spacial score (nSPS) is 20.7. The van der Waals surface area contributed by atoms with Crippen LogP contribution in [-0.4, -0.2) is 33.0 Å². The molecule has 1 N–H and O–H groups in total. The van der Waals surface area contributed by atoms with E-state index in [1.165, 1.54) is 0 Å². The first-order valence-electron chi connectivity index (χ1n) is 7.90. The summed E-state index contributed by atoms with van der Waals surface area (Å²) in [5.74, 6) is 0.618. The number of hydrogen-bond donors (Lipinski definition) is 1. The fourth-order valence-electron chi connectivity index (χ4n) is 2.81. The number of ether oxygens (including phenoxy) is 1. The zero-order chi connectivity index (χ0) is 15.9. The van der Waals surface area contributed by atoms with Gasteiger partial charge in [-0.3, -0.25) is 14.8 Å². The van der Waals surface area contributed by atoms with Crippen LogP contribution in [0.5, 0.6) is 5.88 Å². The van der Waals surface area contributed by atoms with Gasteiger partial charge in [0.2, 0.25) is 11.8 Å².